The molecule has 7 nitrogen and oxygen atoms in total. The number of benzene rings is 2. The lowest BCUT2D eigenvalue weighted by molar-refractivity contribution is -0.125. The zero-order chi connectivity index (χ0) is 22.1. The van der Waals surface area contributed by atoms with Crippen LogP contribution in [0.1, 0.15) is 24.8 Å². The quantitative estimate of drug-likeness (QED) is 0.809. The zero-order valence-corrected chi connectivity index (χ0v) is 18.0. The third-order valence-corrected chi connectivity index (χ3v) is 6.66. The Morgan fingerprint density at radius 3 is 2.66 bits per heavy atom. The number of rotatable bonds is 4. The highest BCUT2D eigenvalue weighted by atomic mass is 16.5. The number of nitrogens with one attached hydrogen (secondary N) is 1. The third kappa shape index (κ3) is 3.90. The summed E-state index contributed by atoms with van der Waals surface area (Å²) in [6.07, 6.45) is 3.47. The number of fused-ring (bicyclic) bond motifs is 2. The molecule has 0 aromatic heterocycles. The van der Waals surface area contributed by atoms with Crippen molar-refractivity contribution in [2.45, 2.75) is 31.7 Å². The van der Waals surface area contributed by atoms with Gasteiger partial charge in [-0.15, -0.1) is 5.10 Å². The Morgan fingerprint density at radius 1 is 1.09 bits per heavy atom. The van der Waals surface area contributed by atoms with Crippen molar-refractivity contribution in [3.8, 4) is 5.75 Å². The Kier molecular flexibility index (Phi) is 5.47. The second-order valence-corrected chi connectivity index (χ2v) is 8.65. The highest BCUT2D eigenvalue weighted by molar-refractivity contribution is 6.39. The van der Waals surface area contributed by atoms with Crippen LogP contribution in [0.4, 0.5) is 5.69 Å². The van der Waals surface area contributed by atoms with Crippen LogP contribution in [0.25, 0.3) is 0 Å². The molecule has 1 aliphatic carbocycles. The first kappa shape index (κ1) is 20.4. The Bertz CT molecular complexity index is 1100. The number of carbonyl (C=O) groups excluding carboxylic acids is 2. The van der Waals surface area contributed by atoms with Crippen molar-refractivity contribution in [2.24, 2.45) is 22.0 Å². The summed E-state index contributed by atoms with van der Waals surface area (Å²) in [7, 11) is 1.69. The Labute approximate surface area is 187 Å². The highest BCUT2D eigenvalue weighted by Gasteiger charge is 2.39. The largest absolute Gasteiger partial charge is 0.489 e. The van der Waals surface area contributed by atoms with Crippen LogP contribution < -0.4 is 15.0 Å². The van der Waals surface area contributed by atoms with Gasteiger partial charge in [-0.25, -0.2) is 0 Å². The molecular formula is C25H26N4O3. The highest BCUT2D eigenvalue weighted by Crippen LogP contribution is 2.40. The van der Waals surface area contributed by atoms with E-state index < -0.39 is 6.04 Å². The normalized spacial score (nSPS) is 24.5. The predicted molar refractivity (Wildman–Crippen MR) is 123 cm³/mol. The minimum atomic E-state index is -0.782. The van der Waals surface area contributed by atoms with Gasteiger partial charge >= 0.3 is 0 Å². The summed E-state index contributed by atoms with van der Waals surface area (Å²) >= 11 is 0. The predicted octanol–water partition coefficient (Wildman–Crippen LogP) is 3.00. The fraction of sp³-hybridized carbons (Fsp3) is 0.360. The topological polar surface area (TPSA) is 83.4 Å². The fourth-order valence-electron chi connectivity index (χ4n) is 4.65. The first-order chi connectivity index (χ1) is 15.6. The number of likely N-dealkylation sites (N-methyl/N-ethyl adjacent to an activating group) is 1. The summed E-state index contributed by atoms with van der Waals surface area (Å²) in [5.74, 6) is 0.804. The van der Waals surface area contributed by atoms with Crippen LogP contribution in [0, 0.1) is 11.8 Å². The van der Waals surface area contributed by atoms with Crippen LogP contribution in [-0.2, 0) is 16.0 Å². The van der Waals surface area contributed by atoms with Crippen molar-refractivity contribution in [3.63, 3.8) is 0 Å². The summed E-state index contributed by atoms with van der Waals surface area (Å²) in [4.78, 5) is 27.5. The van der Waals surface area contributed by atoms with Gasteiger partial charge in [-0.2, -0.15) is 5.10 Å². The monoisotopic (exact) mass is 430 g/mol. The maximum absolute atomic E-state index is 13.1. The number of nitrogens with zero attached hydrogens (tertiary/aromatic N) is 3. The molecule has 2 aliphatic heterocycles. The molecule has 1 N–H and O–H groups in total. The van der Waals surface area contributed by atoms with Gasteiger partial charge in [0.05, 0.1) is 5.69 Å². The van der Waals surface area contributed by atoms with Crippen molar-refractivity contribution < 1.29 is 14.3 Å². The lowest BCUT2D eigenvalue weighted by Gasteiger charge is -2.36. The van der Waals surface area contributed by atoms with Gasteiger partial charge in [0.15, 0.2) is 0 Å². The molecule has 7 heteroatoms. The van der Waals surface area contributed by atoms with E-state index in [1.807, 2.05) is 42.5 Å². The van der Waals surface area contributed by atoms with Gasteiger partial charge in [0.1, 0.15) is 24.1 Å². The van der Waals surface area contributed by atoms with Gasteiger partial charge in [-0.05, 0) is 36.5 Å². The first-order valence-electron chi connectivity index (χ1n) is 11.1. The second kappa shape index (κ2) is 8.57. The van der Waals surface area contributed by atoms with E-state index >= 15 is 0 Å². The van der Waals surface area contributed by atoms with Gasteiger partial charge in [-0.1, -0.05) is 42.5 Å². The van der Waals surface area contributed by atoms with Gasteiger partial charge < -0.3 is 15.0 Å². The van der Waals surface area contributed by atoms with Crippen LogP contribution in [-0.4, -0.2) is 42.9 Å². The lowest BCUT2D eigenvalue weighted by atomic mass is 9.68. The molecule has 5 rings (SSSR count). The first-order valence-corrected chi connectivity index (χ1v) is 11.1. The van der Waals surface area contributed by atoms with E-state index in [4.69, 9.17) is 4.74 Å². The van der Waals surface area contributed by atoms with E-state index in [9.17, 15) is 9.59 Å². The summed E-state index contributed by atoms with van der Waals surface area (Å²) in [6, 6.07) is 16.8. The molecule has 2 aromatic rings. The second-order valence-electron chi connectivity index (χ2n) is 8.65. The van der Waals surface area contributed by atoms with E-state index in [-0.39, 0.29) is 18.4 Å². The van der Waals surface area contributed by atoms with Crippen molar-refractivity contribution in [3.05, 3.63) is 60.2 Å². The summed E-state index contributed by atoms with van der Waals surface area (Å²) in [5, 5.41) is 11.7. The summed E-state index contributed by atoms with van der Waals surface area (Å²) in [6.45, 7) is 0.0772. The Hall–Kier alpha value is -3.48. The molecule has 0 spiro atoms. The molecule has 0 bridgehead atoms. The molecule has 164 valence electrons. The Morgan fingerprint density at radius 2 is 1.88 bits per heavy atom. The van der Waals surface area contributed by atoms with Crippen molar-refractivity contribution in [2.75, 3.05) is 18.6 Å². The number of hydrogen-bond donors (Lipinski definition) is 1. The molecule has 3 aliphatic rings. The van der Waals surface area contributed by atoms with Crippen LogP contribution in [0.15, 0.2) is 64.8 Å². The minimum Gasteiger partial charge on any atom is -0.489 e. The van der Waals surface area contributed by atoms with Gasteiger partial charge in [0.2, 0.25) is 0 Å². The molecule has 2 heterocycles. The van der Waals surface area contributed by atoms with Crippen LogP contribution in [0.3, 0.4) is 0 Å². The number of amides is 2. The van der Waals surface area contributed by atoms with E-state index in [1.165, 1.54) is 10.5 Å². The molecule has 1 saturated carbocycles. The molecule has 2 unspecified atom stereocenters. The zero-order valence-electron chi connectivity index (χ0n) is 18.0. The molecule has 0 radical (unpaired) electrons. The van der Waals surface area contributed by atoms with Crippen molar-refractivity contribution in [1.29, 1.82) is 0 Å². The number of ether oxygens (including phenoxy) is 1. The number of hydrogen-bond acceptors (Lipinski definition) is 5. The standard InChI is InChI=1S/C25H26N4O3/c1-29-22-9-5-6-10-23(22)32-15-21(25(29)31)26-24(30)20-14-17-11-12-18(17)19(27-28-20)13-16-7-3-2-4-8-16/h2-10,17-18,21H,11-15H2,1H3,(H,26,30)/t17?,18?,21-/m0/s1. The van der Waals surface area contributed by atoms with Crippen molar-refractivity contribution >= 4 is 28.9 Å². The van der Waals surface area contributed by atoms with Crippen LogP contribution >= 0.6 is 0 Å². The molecule has 3 atom stereocenters. The maximum Gasteiger partial charge on any atom is 0.268 e. The lowest BCUT2D eigenvalue weighted by Crippen LogP contribution is -2.51. The fourth-order valence-corrected chi connectivity index (χ4v) is 4.65. The Balaban J connectivity index is 1.31. The van der Waals surface area contributed by atoms with E-state index in [2.05, 4.69) is 27.7 Å². The van der Waals surface area contributed by atoms with Gasteiger partial charge in [0.25, 0.3) is 11.8 Å². The van der Waals surface area contributed by atoms with Crippen LogP contribution in [0.5, 0.6) is 5.75 Å². The average Bonchev–Trinajstić information content (AvgIpc) is 2.99. The number of anilines is 1. The average molecular weight is 431 g/mol. The minimum absolute atomic E-state index is 0.0772. The van der Waals surface area contributed by atoms with Crippen molar-refractivity contribution in [1.82, 2.24) is 5.32 Å². The molecule has 2 aromatic carbocycles. The SMILES string of the molecule is CN1C(=O)[C@@H](NC(=O)C2=NN=C(Cc3ccccc3)C3CCC3C2)COc2ccccc21. The molecule has 0 saturated heterocycles. The third-order valence-electron chi connectivity index (χ3n) is 6.66. The van der Waals surface area contributed by atoms with Gasteiger partial charge in [0, 0.05) is 31.5 Å². The summed E-state index contributed by atoms with van der Waals surface area (Å²) in [5.41, 5.74) is 3.32. The number of carbonyl (C=O) groups is 2. The van der Waals surface area contributed by atoms with E-state index in [0.29, 0.717) is 35.4 Å². The van der Waals surface area contributed by atoms with E-state index in [1.54, 1.807) is 7.05 Å². The molecule has 1 fully saturated rings. The van der Waals surface area contributed by atoms with Crippen LogP contribution in [0.2, 0.25) is 0 Å². The maximum atomic E-state index is 13.1. The smallest absolute Gasteiger partial charge is 0.268 e. The molecule has 2 amide bonds. The summed E-state index contributed by atoms with van der Waals surface area (Å²) < 4.78 is 5.80. The number of para-hydroxylation sites is 2. The molecular weight excluding hydrogens is 404 g/mol. The molecule has 32 heavy (non-hydrogen) atoms. The van der Waals surface area contributed by atoms with Gasteiger partial charge in [-0.3, -0.25) is 9.59 Å². The van der Waals surface area contributed by atoms with E-state index in [0.717, 1.165) is 25.0 Å².